The first-order valence-corrected chi connectivity index (χ1v) is 13.7. The quantitative estimate of drug-likeness (QED) is 0.226. The standard InChI is InChI=1S/C31H32N2O3S/c1-3-4-10-23-14-17-25(34)29-27(23)28-30(37-29)32-26(18-13-21-8-6-5-7-9-21)33(31(28)35)20-19-22-11-15-24(36-2)16-12-22/h5-9,11-12,14-17,34H,3-4,10,13,18-20H2,1-2H3. The molecule has 5 nitrogen and oxygen atoms in total. The van der Waals surface area contributed by atoms with E-state index < -0.39 is 0 Å². The SMILES string of the molecule is CCCCc1ccc(O)c2sc3nc(CCc4ccccc4)n(CCc4ccc(OC)cc4)c(=O)c3c12. The molecular weight excluding hydrogens is 480 g/mol. The molecule has 0 radical (unpaired) electrons. The number of fused-ring (bicyclic) bond motifs is 3. The molecule has 3 aromatic carbocycles. The lowest BCUT2D eigenvalue weighted by molar-refractivity contribution is 0.414. The molecule has 0 fully saturated rings. The van der Waals surface area contributed by atoms with Crippen LogP contribution in [0, 0.1) is 0 Å². The number of unbranched alkanes of at least 4 members (excludes halogenated alkanes) is 1. The number of phenols is 1. The van der Waals surface area contributed by atoms with Crippen LogP contribution in [0.5, 0.6) is 11.5 Å². The zero-order chi connectivity index (χ0) is 25.8. The van der Waals surface area contributed by atoms with E-state index in [9.17, 15) is 9.90 Å². The van der Waals surface area contributed by atoms with E-state index in [4.69, 9.17) is 9.72 Å². The van der Waals surface area contributed by atoms with Crippen LogP contribution in [0.15, 0.2) is 71.5 Å². The summed E-state index contributed by atoms with van der Waals surface area (Å²) in [7, 11) is 1.66. The Bertz CT molecular complexity index is 1570. The molecular formula is C31H32N2O3S. The van der Waals surface area contributed by atoms with Crippen LogP contribution in [0.4, 0.5) is 0 Å². The van der Waals surface area contributed by atoms with Gasteiger partial charge in [0, 0.05) is 18.4 Å². The second-order valence-electron chi connectivity index (χ2n) is 9.40. The zero-order valence-corrected chi connectivity index (χ0v) is 22.2. The van der Waals surface area contributed by atoms with Gasteiger partial charge in [0.25, 0.3) is 5.56 Å². The van der Waals surface area contributed by atoms with E-state index in [1.54, 1.807) is 13.2 Å². The van der Waals surface area contributed by atoms with Crippen molar-refractivity contribution < 1.29 is 9.84 Å². The summed E-state index contributed by atoms with van der Waals surface area (Å²) in [5.41, 5.74) is 3.45. The van der Waals surface area contributed by atoms with Gasteiger partial charge in [-0.1, -0.05) is 61.9 Å². The normalized spacial score (nSPS) is 11.4. The fourth-order valence-electron chi connectivity index (χ4n) is 4.88. The average Bonchev–Trinajstić information content (AvgIpc) is 3.33. The maximum absolute atomic E-state index is 14.1. The topological polar surface area (TPSA) is 64.3 Å². The monoisotopic (exact) mass is 512 g/mol. The Hall–Kier alpha value is -3.64. The number of nitrogens with zero attached hydrogens (tertiary/aromatic N) is 2. The molecule has 5 rings (SSSR count). The van der Waals surface area contributed by atoms with Crippen LogP contribution in [0.1, 0.15) is 42.3 Å². The summed E-state index contributed by atoms with van der Waals surface area (Å²) in [6.07, 6.45) is 5.16. The number of aryl methyl sites for hydroxylation is 4. The molecule has 190 valence electrons. The van der Waals surface area contributed by atoms with Gasteiger partial charge in [0.15, 0.2) is 0 Å². The third kappa shape index (κ3) is 5.25. The number of hydrogen-bond acceptors (Lipinski definition) is 5. The fraction of sp³-hybridized carbons (Fsp3) is 0.290. The minimum atomic E-state index is -0.0174. The molecule has 0 saturated heterocycles. The Morgan fingerprint density at radius 1 is 0.892 bits per heavy atom. The van der Waals surface area contributed by atoms with Gasteiger partial charge in [-0.15, -0.1) is 11.3 Å². The lowest BCUT2D eigenvalue weighted by Gasteiger charge is -2.13. The largest absolute Gasteiger partial charge is 0.506 e. The van der Waals surface area contributed by atoms with Crippen LogP contribution in [0.3, 0.4) is 0 Å². The number of aromatic hydroxyl groups is 1. The summed E-state index contributed by atoms with van der Waals surface area (Å²) in [5, 5.41) is 12.2. The Kier molecular flexibility index (Phi) is 7.56. The number of methoxy groups -OCH3 is 1. The molecule has 1 N–H and O–H groups in total. The Balaban J connectivity index is 1.61. The van der Waals surface area contributed by atoms with Crippen molar-refractivity contribution in [3.63, 3.8) is 0 Å². The summed E-state index contributed by atoms with van der Waals surface area (Å²) in [5.74, 6) is 1.82. The van der Waals surface area contributed by atoms with Crippen LogP contribution in [-0.4, -0.2) is 21.8 Å². The molecule has 0 spiro atoms. The minimum absolute atomic E-state index is 0.0174. The lowest BCUT2D eigenvalue weighted by atomic mass is 10.0. The molecule has 5 aromatic rings. The number of thiophene rings is 1. The molecule has 2 heterocycles. The highest BCUT2D eigenvalue weighted by Gasteiger charge is 2.20. The molecule has 2 aromatic heterocycles. The predicted molar refractivity (Wildman–Crippen MR) is 152 cm³/mol. The van der Waals surface area contributed by atoms with Crippen molar-refractivity contribution in [3.8, 4) is 11.5 Å². The zero-order valence-electron chi connectivity index (χ0n) is 21.4. The van der Waals surface area contributed by atoms with E-state index in [-0.39, 0.29) is 11.3 Å². The van der Waals surface area contributed by atoms with Gasteiger partial charge in [-0.3, -0.25) is 9.36 Å². The fourth-order valence-corrected chi connectivity index (χ4v) is 6.03. The van der Waals surface area contributed by atoms with Gasteiger partial charge in [-0.2, -0.15) is 0 Å². The van der Waals surface area contributed by atoms with E-state index in [1.165, 1.54) is 16.9 Å². The maximum Gasteiger partial charge on any atom is 0.262 e. The molecule has 6 heteroatoms. The molecule has 0 aliphatic rings. The Morgan fingerprint density at radius 3 is 2.38 bits per heavy atom. The van der Waals surface area contributed by atoms with Crippen molar-refractivity contribution in [2.75, 3.05) is 7.11 Å². The molecule has 0 amide bonds. The molecule has 0 atom stereocenters. The van der Waals surface area contributed by atoms with E-state index in [1.807, 2.05) is 53.1 Å². The molecule has 0 aliphatic heterocycles. The molecule has 0 bridgehead atoms. The minimum Gasteiger partial charge on any atom is -0.506 e. The molecule has 0 saturated carbocycles. The third-order valence-electron chi connectivity index (χ3n) is 6.95. The Morgan fingerprint density at radius 2 is 1.65 bits per heavy atom. The summed E-state index contributed by atoms with van der Waals surface area (Å²) in [4.78, 5) is 19.9. The molecule has 0 unspecified atom stereocenters. The smallest absolute Gasteiger partial charge is 0.262 e. The highest BCUT2D eigenvalue weighted by molar-refractivity contribution is 7.25. The number of hydrogen-bond donors (Lipinski definition) is 1. The summed E-state index contributed by atoms with van der Waals surface area (Å²) in [6.45, 7) is 2.70. The van der Waals surface area contributed by atoms with Crippen LogP contribution in [0.25, 0.3) is 20.3 Å². The predicted octanol–water partition coefficient (Wildman–Crippen LogP) is 6.70. The van der Waals surface area contributed by atoms with Gasteiger partial charge in [0.2, 0.25) is 0 Å². The van der Waals surface area contributed by atoms with Gasteiger partial charge in [-0.25, -0.2) is 4.98 Å². The second-order valence-corrected chi connectivity index (χ2v) is 10.4. The van der Waals surface area contributed by atoms with Crippen molar-refractivity contribution in [1.29, 1.82) is 0 Å². The summed E-state index contributed by atoms with van der Waals surface area (Å²) in [6, 6.07) is 22.0. The first kappa shape index (κ1) is 25.0. The molecule has 37 heavy (non-hydrogen) atoms. The number of phenolic OH excluding ortho intramolecular Hbond substituents is 1. The highest BCUT2D eigenvalue weighted by atomic mass is 32.1. The summed E-state index contributed by atoms with van der Waals surface area (Å²) >= 11 is 1.42. The van der Waals surface area contributed by atoms with Crippen molar-refractivity contribution in [1.82, 2.24) is 9.55 Å². The van der Waals surface area contributed by atoms with E-state index >= 15 is 0 Å². The van der Waals surface area contributed by atoms with Crippen LogP contribution < -0.4 is 10.3 Å². The van der Waals surface area contributed by atoms with Crippen molar-refractivity contribution in [2.45, 2.75) is 52.0 Å². The van der Waals surface area contributed by atoms with Crippen LogP contribution in [0.2, 0.25) is 0 Å². The van der Waals surface area contributed by atoms with Gasteiger partial charge >= 0.3 is 0 Å². The van der Waals surface area contributed by atoms with Crippen molar-refractivity contribution in [2.24, 2.45) is 0 Å². The third-order valence-corrected chi connectivity index (χ3v) is 8.06. The maximum atomic E-state index is 14.1. The first-order chi connectivity index (χ1) is 18.1. The number of rotatable bonds is 10. The first-order valence-electron chi connectivity index (χ1n) is 12.9. The van der Waals surface area contributed by atoms with Crippen molar-refractivity contribution >= 4 is 31.6 Å². The second kappa shape index (κ2) is 11.2. The van der Waals surface area contributed by atoms with Gasteiger partial charge in [0.05, 0.1) is 17.2 Å². The van der Waals surface area contributed by atoms with E-state index in [0.29, 0.717) is 29.6 Å². The van der Waals surface area contributed by atoms with E-state index in [2.05, 4.69) is 19.1 Å². The Labute approximate surface area is 221 Å². The summed E-state index contributed by atoms with van der Waals surface area (Å²) < 4.78 is 7.90. The van der Waals surface area contributed by atoms with Crippen LogP contribution >= 0.6 is 11.3 Å². The van der Waals surface area contributed by atoms with Crippen molar-refractivity contribution in [3.05, 3.63) is 99.6 Å². The van der Waals surface area contributed by atoms with Gasteiger partial charge in [0.1, 0.15) is 22.2 Å². The van der Waals surface area contributed by atoms with E-state index in [0.717, 1.165) is 58.5 Å². The number of aromatic nitrogens is 2. The number of benzene rings is 3. The highest BCUT2D eigenvalue weighted by Crippen LogP contribution is 2.39. The average molecular weight is 513 g/mol. The van der Waals surface area contributed by atoms with Crippen LogP contribution in [-0.2, 0) is 32.2 Å². The van der Waals surface area contributed by atoms with Gasteiger partial charge in [-0.05, 0) is 60.6 Å². The number of ether oxygens (including phenoxy) is 1. The van der Waals surface area contributed by atoms with Gasteiger partial charge < -0.3 is 9.84 Å². The lowest BCUT2D eigenvalue weighted by Crippen LogP contribution is -2.26. The molecule has 0 aliphatic carbocycles.